The summed E-state index contributed by atoms with van der Waals surface area (Å²) >= 11 is 0. The van der Waals surface area contributed by atoms with Crippen molar-refractivity contribution < 1.29 is 19.7 Å². The Hall–Kier alpha value is -0.420. The molecule has 0 spiro atoms. The quantitative estimate of drug-likeness (QED) is 0.420. The zero-order valence-corrected chi connectivity index (χ0v) is 7.27. The summed E-state index contributed by atoms with van der Waals surface area (Å²) in [5.41, 5.74) is 0. The highest BCUT2D eigenvalue weighted by molar-refractivity contribution is 4.66. The van der Waals surface area contributed by atoms with Crippen LogP contribution in [-0.4, -0.2) is 42.4 Å². The number of ether oxygens (including phenoxy) is 2. The van der Waals surface area contributed by atoms with Crippen molar-refractivity contribution in [2.24, 2.45) is 0 Å². The van der Waals surface area contributed by atoms with Crippen LogP contribution in [0.1, 0.15) is 6.92 Å². The van der Waals surface area contributed by atoms with E-state index < -0.39 is 12.4 Å². The number of hydrogen-bond donors (Lipinski definition) is 2. The Morgan fingerprint density at radius 1 is 1.50 bits per heavy atom. The van der Waals surface area contributed by atoms with Gasteiger partial charge in [0.15, 0.2) is 6.29 Å². The van der Waals surface area contributed by atoms with Crippen LogP contribution in [0.4, 0.5) is 0 Å². The normalized spacial score (nSPS) is 15.6. The van der Waals surface area contributed by atoms with E-state index in [9.17, 15) is 0 Å². The van der Waals surface area contributed by atoms with Gasteiger partial charge in [-0.3, -0.25) is 0 Å². The molecule has 0 fully saturated rings. The molecule has 0 amide bonds. The van der Waals surface area contributed by atoms with E-state index in [0.29, 0.717) is 13.2 Å². The standard InChI is InChI=1S/C8H16O4/c1-3-5-12-8(11-4-2)7(10)6-9/h3,7-10H,1,4-6H2,2H3. The van der Waals surface area contributed by atoms with Gasteiger partial charge in [-0.25, -0.2) is 0 Å². The zero-order valence-electron chi connectivity index (χ0n) is 7.27. The van der Waals surface area contributed by atoms with Gasteiger partial charge in [0, 0.05) is 6.61 Å². The van der Waals surface area contributed by atoms with Gasteiger partial charge in [-0.15, -0.1) is 6.58 Å². The third kappa shape index (κ3) is 4.46. The van der Waals surface area contributed by atoms with Crippen molar-refractivity contribution in [1.82, 2.24) is 0 Å². The van der Waals surface area contributed by atoms with E-state index in [4.69, 9.17) is 19.7 Å². The first kappa shape index (κ1) is 11.6. The summed E-state index contributed by atoms with van der Waals surface area (Å²) in [4.78, 5) is 0. The average molecular weight is 176 g/mol. The second kappa shape index (κ2) is 7.24. The first-order chi connectivity index (χ1) is 5.76. The minimum absolute atomic E-state index is 0.293. The van der Waals surface area contributed by atoms with E-state index in [1.807, 2.05) is 0 Å². The van der Waals surface area contributed by atoms with E-state index in [2.05, 4.69) is 6.58 Å². The van der Waals surface area contributed by atoms with Gasteiger partial charge >= 0.3 is 0 Å². The molecule has 0 rings (SSSR count). The number of aliphatic hydroxyl groups is 2. The molecule has 2 atom stereocenters. The summed E-state index contributed by atoms with van der Waals surface area (Å²) in [5.74, 6) is 0. The van der Waals surface area contributed by atoms with Crippen LogP contribution in [0.15, 0.2) is 12.7 Å². The first-order valence-corrected chi connectivity index (χ1v) is 3.89. The molecule has 0 radical (unpaired) electrons. The molecule has 4 heteroatoms. The molecule has 0 aromatic rings. The summed E-state index contributed by atoms with van der Waals surface area (Å²) < 4.78 is 10.1. The Labute approximate surface area is 72.4 Å². The predicted octanol–water partition coefficient (Wildman–Crippen LogP) is -0.0952. The minimum atomic E-state index is -0.995. The lowest BCUT2D eigenvalue weighted by atomic mass is 10.3. The van der Waals surface area contributed by atoms with Gasteiger partial charge in [0.2, 0.25) is 0 Å². The lowest BCUT2D eigenvalue weighted by Crippen LogP contribution is -2.34. The fourth-order valence-electron chi connectivity index (χ4n) is 0.683. The Morgan fingerprint density at radius 3 is 2.58 bits per heavy atom. The van der Waals surface area contributed by atoms with Crippen LogP contribution >= 0.6 is 0 Å². The van der Waals surface area contributed by atoms with Gasteiger partial charge in [0.05, 0.1) is 13.2 Å². The monoisotopic (exact) mass is 176 g/mol. The molecular weight excluding hydrogens is 160 g/mol. The van der Waals surface area contributed by atoms with Crippen LogP contribution < -0.4 is 0 Å². The molecule has 12 heavy (non-hydrogen) atoms. The van der Waals surface area contributed by atoms with Crippen LogP contribution in [0.3, 0.4) is 0 Å². The second-order valence-corrected chi connectivity index (χ2v) is 2.20. The third-order valence-electron chi connectivity index (χ3n) is 1.21. The molecule has 72 valence electrons. The predicted molar refractivity (Wildman–Crippen MR) is 44.7 cm³/mol. The summed E-state index contributed by atoms with van der Waals surface area (Å²) in [6, 6.07) is 0. The Kier molecular flexibility index (Phi) is 6.99. The highest BCUT2D eigenvalue weighted by Gasteiger charge is 2.18. The van der Waals surface area contributed by atoms with Crippen molar-refractivity contribution in [2.45, 2.75) is 19.3 Å². The fourth-order valence-corrected chi connectivity index (χ4v) is 0.683. The van der Waals surface area contributed by atoms with Gasteiger partial charge in [0.25, 0.3) is 0 Å². The fraction of sp³-hybridized carbons (Fsp3) is 0.750. The molecule has 0 aliphatic carbocycles. The molecule has 0 saturated heterocycles. The van der Waals surface area contributed by atoms with Crippen LogP contribution in [0.5, 0.6) is 0 Å². The lowest BCUT2D eigenvalue weighted by molar-refractivity contribution is -0.193. The van der Waals surface area contributed by atoms with Gasteiger partial charge in [-0.05, 0) is 6.92 Å². The highest BCUT2D eigenvalue weighted by atomic mass is 16.7. The SMILES string of the molecule is C=CCOC(OCC)C(O)CO. The first-order valence-electron chi connectivity index (χ1n) is 3.89. The molecule has 0 aromatic heterocycles. The van der Waals surface area contributed by atoms with E-state index in [0.717, 1.165) is 0 Å². The molecule has 0 bridgehead atoms. The van der Waals surface area contributed by atoms with E-state index >= 15 is 0 Å². The molecule has 0 heterocycles. The molecule has 0 aliphatic heterocycles. The molecule has 0 aliphatic rings. The topological polar surface area (TPSA) is 58.9 Å². The van der Waals surface area contributed by atoms with Gasteiger partial charge in [-0.1, -0.05) is 6.08 Å². The molecule has 0 aromatic carbocycles. The van der Waals surface area contributed by atoms with Crippen molar-refractivity contribution in [2.75, 3.05) is 19.8 Å². The summed E-state index contributed by atoms with van der Waals surface area (Å²) in [6.45, 7) is 5.59. The molecule has 2 unspecified atom stereocenters. The lowest BCUT2D eigenvalue weighted by Gasteiger charge is -2.20. The zero-order chi connectivity index (χ0) is 9.40. The van der Waals surface area contributed by atoms with Crippen LogP contribution in [0, 0.1) is 0 Å². The largest absolute Gasteiger partial charge is 0.393 e. The highest BCUT2D eigenvalue weighted by Crippen LogP contribution is 2.01. The molecule has 2 N–H and O–H groups in total. The maximum atomic E-state index is 9.14. The van der Waals surface area contributed by atoms with Gasteiger partial charge in [0.1, 0.15) is 6.10 Å². The Bertz CT molecular complexity index is 116. The second-order valence-electron chi connectivity index (χ2n) is 2.20. The summed E-state index contributed by atoms with van der Waals surface area (Å²) in [6.07, 6.45) is -0.210. The van der Waals surface area contributed by atoms with Crippen molar-refractivity contribution >= 4 is 0 Å². The molecular formula is C8H16O4. The minimum Gasteiger partial charge on any atom is -0.393 e. The molecule has 4 nitrogen and oxygen atoms in total. The Balaban J connectivity index is 3.75. The number of rotatable bonds is 7. The third-order valence-corrected chi connectivity index (χ3v) is 1.21. The van der Waals surface area contributed by atoms with Gasteiger partial charge in [-0.2, -0.15) is 0 Å². The van der Waals surface area contributed by atoms with Crippen molar-refractivity contribution in [3.63, 3.8) is 0 Å². The van der Waals surface area contributed by atoms with Gasteiger partial charge < -0.3 is 19.7 Å². The molecule has 0 saturated carbocycles. The van der Waals surface area contributed by atoms with Crippen molar-refractivity contribution in [3.05, 3.63) is 12.7 Å². The van der Waals surface area contributed by atoms with Crippen molar-refractivity contribution in [1.29, 1.82) is 0 Å². The summed E-state index contributed by atoms with van der Waals surface area (Å²) in [5, 5.41) is 17.7. The number of hydrogen-bond acceptors (Lipinski definition) is 4. The maximum Gasteiger partial charge on any atom is 0.186 e. The Morgan fingerprint density at radius 2 is 2.17 bits per heavy atom. The average Bonchev–Trinajstić information content (AvgIpc) is 2.11. The number of aliphatic hydroxyl groups excluding tert-OH is 2. The van der Waals surface area contributed by atoms with Crippen LogP contribution in [-0.2, 0) is 9.47 Å². The smallest absolute Gasteiger partial charge is 0.186 e. The van der Waals surface area contributed by atoms with Crippen LogP contribution in [0.25, 0.3) is 0 Å². The van der Waals surface area contributed by atoms with E-state index in [1.54, 1.807) is 13.0 Å². The maximum absolute atomic E-state index is 9.14. The van der Waals surface area contributed by atoms with E-state index in [1.165, 1.54) is 0 Å². The summed E-state index contributed by atoms with van der Waals surface area (Å²) in [7, 11) is 0. The van der Waals surface area contributed by atoms with E-state index in [-0.39, 0.29) is 6.61 Å². The van der Waals surface area contributed by atoms with Crippen LogP contribution in [0.2, 0.25) is 0 Å². The van der Waals surface area contributed by atoms with Crippen molar-refractivity contribution in [3.8, 4) is 0 Å².